The number of aromatic nitrogens is 8. The maximum absolute atomic E-state index is 11.7. The van der Waals surface area contributed by atoms with E-state index in [9.17, 15) is 39.4 Å². The molecule has 6 aromatic heterocycles. The average molecular weight is 882 g/mol. The van der Waals surface area contributed by atoms with Gasteiger partial charge in [-0.05, 0) is 18.6 Å². The fraction of sp³-hybridized carbons (Fsp3) is 0.231. The first-order valence-corrected chi connectivity index (χ1v) is 18.6. The molecule has 0 aliphatic rings. The van der Waals surface area contributed by atoms with Gasteiger partial charge in [0.25, 0.3) is 5.69 Å². The fourth-order valence-electron chi connectivity index (χ4n) is 5.83. The normalized spacial score (nSPS) is 11.0. The standard InChI is InChI=1S/C20H20N8O4.C19H19N5O8/c1-31-17(29)11-7-13-15(23-9-11)27(19(21)25-13)5-3-4-6-28-16-14(26-20(28)22)8-12(10-24-16)18(30)32-2;1-31-18(25)12-8-15(23(27)28)14(21-10-12)6-4-3-5-7-20-17-16(24(29)30)9-13(11-22-17)19(26)32-2/h3-4,7-10H,5-6H2,1-2H3,(H2,21,25)(H2,22,26);3,5,8-11H,4,6-7H2,1-2H3,(H,20,22)/b4-3+;5-3+. The average Bonchev–Trinajstić information content (AvgIpc) is 3.80. The van der Waals surface area contributed by atoms with Gasteiger partial charge in [0.15, 0.2) is 11.3 Å². The molecule has 0 aliphatic carbocycles. The lowest BCUT2D eigenvalue weighted by atomic mass is 10.1. The Labute approximate surface area is 361 Å². The number of nitrogens with two attached hydrogens (primary N) is 2. The molecular weight excluding hydrogens is 843 g/mol. The first-order chi connectivity index (χ1) is 30.7. The number of hydrogen-bond donors (Lipinski definition) is 3. The van der Waals surface area contributed by atoms with Gasteiger partial charge in [-0.3, -0.25) is 34.3 Å². The second-order valence-corrected chi connectivity index (χ2v) is 12.9. The summed E-state index contributed by atoms with van der Waals surface area (Å²) in [6.45, 7) is 0.987. The number of pyridine rings is 4. The van der Waals surface area contributed by atoms with Gasteiger partial charge in [0.05, 0.1) is 60.5 Å². The van der Waals surface area contributed by atoms with E-state index in [0.29, 0.717) is 53.0 Å². The quantitative estimate of drug-likeness (QED) is 0.0410. The molecule has 332 valence electrons. The number of nitrogens with one attached hydrogen (secondary N) is 1. The molecule has 0 fully saturated rings. The number of anilines is 3. The molecule has 6 rings (SSSR count). The van der Waals surface area contributed by atoms with Gasteiger partial charge >= 0.3 is 29.6 Å². The summed E-state index contributed by atoms with van der Waals surface area (Å²) in [4.78, 5) is 92.5. The number of carbonyl (C=O) groups excluding carboxylic acids is 4. The van der Waals surface area contributed by atoms with E-state index in [-0.39, 0.29) is 58.9 Å². The van der Waals surface area contributed by atoms with Crippen molar-refractivity contribution in [3.63, 3.8) is 0 Å². The van der Waals surface area contributed by atoms with Crippen molar-refractivity contribution in [1.82, 2.24) is 39.0 Å². The molecule has 0 atom stereocenters. The maximum atomic E-state index is 11.7. The monoisotopic (exact) mass is 881 g/mol. The predicted octanol–water partition coefficient (Wildman–Crippen LogP) is 3.64. The second-order valence-electron chi connectivity index (χ2n) is 12.9. The number of methoxy groups -OCH3 is 4. The number of fused-ring (bicyclic) bond motifs is 2. The summed E-state index contributed by atoms with van der Waals surface area (Å²) in [6.07, 6.45) is 13.0. The number of allylic oxidation sites excluding steroid dienone is 3. The van der Waals surface area contributed by atoms with Crippen molar-refractivity contribution in [3.8, 4) is 0 Å². The molecule has 0 saturated carbocycles. The summed E-state index contributed by atoms with van der Waals surface area (Å²) in [5.41, 5.74) is 14.2. The van der Waals surface area contributed by atoms with E-state index in [1.54, 1.807) is 33.4 Å². The van der Waals surface area contributed by atoms with Crippen molar-refractivity contribution < 1.29 is 48.0 Å². The number of esters is 4. The SMILES string of the molecule is COC(=O)c1cnc(CC/C=C/CNc2ncc(C(=O)OC)cc2[N+](=O)[O-])c([N+](=O)[O-])c1.COC(=O)c1cnc2c(c1)nc(N)n2C/C=C/Cn1c(N)nc2cc(C(=O)OC)cnc21. The van der Waals surface area contributed by atoms with Crippen LogP contribution < -0.4 is 16.8 Å². The van der Waals surface area contributed by atoms with E-state index in [4.69, 9.17) is 20.9 Å². The van der Waals surface area contributed by atoms with Crippen LogP contribution in [0.4, 0.5) is 29.1 Å². The highest BCUT2D eigenvalue weighted by Gasteiger charge is 2.21. The van der Waals surface area contributed by atoms with Gasteiger partial charge in [-0.1, -0.05) is 24.3 Å². The third kappa shape index (κ3) is 10.9. The number of aryl methyl sites for hydroxylation is 1. The summed E-state index contributed by atoms with van der Waals surface area (Å²) >= 11 is 0. The molecule has 0 spiro atoms. The summed E-state index contributed by atoms with van der Waals surface area (Å²) in [5.74, 6) is -1.94. The molecule has 6 heterocycles. The summed E-state index contributed by atoms with van der Waals surface area (Å²) in [5, 5.41) is 25.2. The van der Waals surface area contributed by atoms with E-state index in [1.807, 2.05) is 12.2 Å². The minimum absolute atomic E-state index is 0.0185. The second kappa shape index (κ2) is 21.1. The Morgan fingerprint density at radius 3 is 1.50 bits per heavy atom. The maximum Gasteiger partial charge on any atom is 0.339 e. The first-order valence-electron chi connectivity index (χ1n) is 18.6. The van der Waals surface area contributed by atoms with E-state index in [2.05, 4.69) is 44.7 Å². The Morgan fingerprint density at radius 2 is 1.05 bits per heavy atom. The number of nitrogen functional groups attached to an aromatic ring is 2. The van der Waals surface area contributed by atoms with Crippen LogP contribution in [0, 0.1) is 20.2 Å². The third-order valence-electron chi connectivity index (χ3n) is 8.97. The van der Waals surface area contributed by atoms with Crippen LogP contribution in [0.5, 0.6) is 0 Å². The molecule has 0 aliphatic heterocycles. The molecule has 25 heteroatoms. The zero-order valence-electron chi connectivity index (χ0n) is 34.5. The number of hydrogen-bond acceptors (Lipinski definition) is 21. The molecule has 0 unspecified atom stereocenters. The van der Waals surface area contributed by atoms with E-state index in [0.717, 1.165) is 25.4 Å². The van der Waals surface area contributed by atoms with Crippen molar-refractivity contribution in [2.45, 2.75) is 25.9 Å². The van der Waals surface area contributed by atoms with Gasteiger partial charge in [-0.15, -0.1) is 0 Å². The number of rotatable bonds is 16. The van der Waals surface area contributed by atoms with Crippen LogP contribution in [-0.2, 0) is 38.5 Å². The van der Waals surface area contributed by atoms with Crippen molar-refractivity contribution in [1.29, 1.82) is 0 Å². The van der Waals surface area contributed by atoms with E-state index < -0.39 is 33.7 Å². The van der Waals surface area contributed by atoms with Crippen LogP contribution in [0.1, 0.15) is 53.5 Å². The number of ether oxygens (including phenoxy) is 4. The molecule has 64 heavy (non-hydrogen) atoms. The molecule has 6 aromatic rings. The molecule has 0 amide bonds. The van der Waals surface area contributed by atoms with E-state index in [1.165, 1.54) is 39.9 Å². The Balaban J connectivity index is 0.000000241. The molecule has 25 nitrogen and oxygen atoms in total. The predicted molar refractivity (Wildman–Crippen MR) is 226 cm³/mol. The van der Waals surface area contributed by atoms with Gasteiger partial charge in [-0.25, -0.2) is 44.1 Å². The largest absolute Gasteiger partial charge is 0.465 e. The minimum Gasteiger partial charge on any atom is -0.465 e. The molecule has 5 N–H and O–H groups in total. The Kier molecular flexibility index (Phi) is 15.2. The van der Waals surface area contributed by atoms with Crippen LogP contribution in [0.3, 0.4) is 0 Å². The smallest absolute Gasteiger partial charge is 0.339 e. The van der Waals surface area contributed by atoms with E-state index >= 15 is 0 Å². The number of nitro groups is 2. The van der Waals surface area contributed by atoms with Gasteiger partial charge < -0.3 is 35.7 Å². The zero-order valence-corrected chi connectivity index (χ0v) is 34.5. The van der Waals surface area contributed by atoms with Gasteiger partial charge in [0, 0.05) is 63.0 Å². The minimum atomic E-state index is -0.741. The number of carbonyl (C=O) groups is 4. The summed E-state index contributed by atoms with van der Waals surface area (Å²) in [6, 6.07) is 5.34. The Bertz CT molecular complexity index is 2630. The van der Waals surface area contributed by atoms with Crippen LogP contribution >= 0.6 is 0 Å². The topological polar surface area (TPSA) is 343 Å². The highest BCUT2D eigenvalue weighted by atomic mass is 16.6. The molecular formula is C39H39N13O12. The van der Waals surface area contributed by atoms with Crippen LogP contribution in [0.2, 0.25) is 0 Å². The summed E-state index contributed by atoms with van der Waals surface area (Å²) in [7, 11) is 4.92. The van der Waals surface area contributed by atoms with Crippen LogP contribution in [-0.4, -0.2) is 108 Å². The van der Waals surface area contributed by atoms with Crippen molar-refractivity contribution >= 4 is 75.3 Å². The molecule has 0 saturated heterocycles. The number of imidazole rings is 2. The van der Waals surface area contributed by atoms with Crippen molar-refractivity contribution in [2.75, 3.05) is 51.8 Å². The van der Waals surface area contributed by atoms with Gasteiger partial charge in [-0.2, -0.15) is 0 Å². The lowest BCUT2D eigenvalue weighted by Gasteiger charge is -2.05. The highest BCUT2D eigenvalue weighted by molar-refractivity contribution is 5.93. The molecule has 0 radical (unpaired) electrons. The Morgan fingerprint density at radius 1 is 0.625 bits per heavy atom. The zero-order chi connectivity index (χ0) is 46.5. The van der Waals surface area contributed by atoms with Gasteiger partial charge in [0.1, 0.15) is 16.7 Å². The van der Waals surface area contributed by atoms with Crippen molar-refractivity contribution in [3.05, 3.63) is 122 Å². The fourth-order valence-corrected chi connectivity index (χ4v) is 5.83. The number of nitrogens with zero attached hydrogens (tertiary/aromatic N) is 10. The first kappa shape index (κ1) is 46.2. The lowest BCUT2D eigenvalue weighted by molar-refractivity contribution is -0.386. The highest BCUT2D eigenvalue weighted by Crippen LogP contribution is 2.24. The van der Waals surface area contributed by atoms with Gasteiger partial charge in [0.2, 0.25) is 17.7 Å². The van der Waals surface area contributed by atoms with Crippen molar-refractivity contribution in [2.24, 2.45) is 0 Å². The Hall–Kier alpha value is -8.90. The van der Waals surface area contributed by atoms with Crippen LogP contribution in [0.25, 0.3) is 22.3 Å². The summed E-state index contributed by atoms with van der Waals surface area (Å²) < 4.78 is 21.9. The molecule has 0 bridgehead atoms. The van der Waals surface area contributed by atoms with Crippen LogP contribution in [0.15, 0.2) is 73.4 Å². The lowest BCUT2D eigenvalue weighted by Crippen LogP contribution is -2.08. The third-order valence-corrected chi connectivity index (χ3v) is 8.97. The molecule has 0 aromatic carbocycles.